The molecule has 2 aliphatic rings. The lowest BCUT2D eigenvalue weighted by Crippen LogP contribution is -2.37. The summed E-state index contributed by atoms with van der Waals surface area (Å²) in [6.07, 6.45) is 4.11. The summed E-state index contributed by atoms with van der Waals surface area (Å²) in [5.41, 5.74) is 1.97. The number of benzene rings is 1. The molecule has 0 radical (unpaired) electrons. The minimum atomic E-state index is -0.138. The Bertz CT molecular complexity index is 532. The van der Waals surface area contributed by atoms with E-state index in [9.17, 15) is 9.59 Å². The highest BCUT2D eigenvalue weighted by molar-refractivity contribution is 5.99. The molecular formula is C17H22N2O2. The summed E-state index contributed by atoms with van der Waals surface area (Å²) in [5.74, 6) is -0.0674. The number of hydrogen-bond donors (Lipinski definition) is 1. The second kappa shape index (κ2) is 5.88. The van der Waals surface area contributed by atoms with Crippen LogP contribution in [0, 0.1) is 18.8 Å². The molecule has 0 aromatic heterocycles. The van der Waals surface area contributed by atoms with Crippen molar-refractivity contribution < 1.29 is 9.59 Å². The Morgan fingerprint density at radius 1 is 1.05 bits per heavy atom. The molecule has 0 spiro atoms. The molecule has 4 nitrogen and oxygen atoms in total. The minimum Gasteiger partial charge on any atom is -0.342 e. The fourth-order valence-corrected chi connectivity index (χ4v) is 2.98. The first-order chi connectivity index (χ1) is 10.1. The predicted molar refractivity (Wildman–Crippen MR) is 81.8 cm³/mol. The number of hydrogen-bond acceptors (Lipinski definition) is 2. The highest BCUT2D eigenvalue weighted by Gasteiger charge is 2.49. The Morgan fingerprint density at radius 2 is 1.71 bits per heavy atom. The molecule has 112 valence electrons. The lowest BCUT2D eigenvalue weighted by atomic mass is 10.1. The maximum Gasteiger partial charge on any atom is 0.228 e. The van der Waals surface area contributed by atoms with Crippen molar-refractivity contribution in [2.24, 2.45) is 11.8 Å². The van der Waals surface area contributed by atoms with Crippen molar-refractivity contribution in [2.45, 2.75) is 32.6 Å². The third kappa shape index (κ3) is 3.26. The van der Waals surface area contributed by atoms with E-state index >= 15 is 0 Å². The molecule has 3 rings (SSSR count). The quantitative estimate of drug-likeness (QED) is 0.928. The van der Waals surface area contributed by atoms with Crippen LogP contribution in [0.5, 0.6) is 0 Å². The van der Waals surface area contributed by atoms with Crippen LogP contribution in [-0.2, 0) is 9.59 Å². The van der Waals surface area contributed by atoms with E-state index in [-0.39, 0.29) is 23.7 Å². The summed E-state index contributed by atoms with van der Waals surface area (Å²) in [6.45, 7) is 3.74. The normalized spacial score (nSPS) is 24.5. The van der Waals surface area contributed by atoms with Gasteiger partial charge in [0.25, 0.3) is 0 Å². The zero-order chi connectivity index (χ0) is 14.8. The number of rotatable bonds is 3. The van der Waals surface area contributed by atoms with Crippen molar-refractivity contribution in [1.29, 1.82) is 0 Å². The molecule has 1 aromatic rings. The predicted octanol–water partition coefficient (Wildman–Crippen LogP) is 2.58. The second-order valence-corrected chi connectivity index (χ2v) is 6.19. The number of amides is 2. The molecule has 1 aromatic carbocycles. The van der Waals surface area contributed by atoms with Crippen LogP contribution in [0.4, 0.5) is 5.69 Å². The highest BCUT2D eigenvalue weighted by atomic mass is 16.2. The van der Waals surface area contributed by atoms with Gasteiger partial charge in [0.15, 0.2) is 0 Å². The van der Waals surface area contributed by atoms with Crippen LogP contribution >= 0.6 is 0 Å². The van der Waals surface area contributed by atoms with Gasteiger partial charge in [-0.3, -0.25) is 9.59 Å². The van der Waals surface area contributed by atoms with Crippen LogP contribution in [0.25, 0.3) is 0 Å². The number of carbonyl (C=O) groups is 2. The van der Waals surface area contributed by atoms with Gasteiger partial charge >= 0.3 is 0 Å². The Hall–Kier alpha value is -1.84. The number of nitrogens with one attached hydrogen (secondary N) is 1. The summed E-state index contributed by atoms with van der Waals surface area (Å²) >= 11 is 0. The average Bonchev–Trinajstić information content (AvgIpc) is 3.30. The lowest BCUT2D eigenvalue weighted by Gasteiger charge is -2.26. The molecular weight excluding hydrogens is 264 g/mol. The molecule has 4 heteroatoms. The van der Waals surface area contributed by atoms with Crippen molar-refractivity contribution in [3.05, 3.63) is 29.8 Å². The van der Waals surface area contributed by atoms with Crippen LogP contribution in [0.2, 0.25) is 0 Å². The molecule has 1 unspecified atom stereocenters. The fraction of sp³-hybridized carbons (Fsp3) is 0.529. The first-order valence-electron chi connectivity index (χ1n) is 7.81. The topological polar surface area (TPSA) is 49.4 Å². The summed E-state index contributed by atoms with van der Waals surface area (Å²) in [6, 6.07) is 7.74. The molecule has 1 saturated heterocycles. The Kier molecular flexibility index (Phi) is 3.95. The third-order valence-electron chi connectivity index (χ3n) is 4.43. The van der Waals surface area contributed by atoms with Crippen LogP contribution < -0.4 is 5.32 Å². The number of likely N-dealkylation sites (tertiary alicyclic amines) is 1. The third-order valence-corrected chi connectivity index (χ3v) is 4.43. The first kappa shape index (κ1) is 14.1. The first-order valence-corrected chi connectivity index (χ1v) is 7.81. The maximum absolute atomic E-state index is 12.3. The van der Waals surface area contributed by atoms with Crippen LogP contribution in [-0.4, -0.2) is 29.8 Å². The largest absolute Gasteiger partial charge is 0.342 e. The van der Waals surface area contributed by atoms with Gasteiger partial charge in [-0.1, -0.05) is 17.7 Å². The van der Waals surface area contributed by atoms with Crippen molar-refractivity contribution in [1.82, 2.24) is 4.90 Å². The molecule has 1 N–H and O–H groups in total. The fourth-order valence-electron chi connectivity index (χ4n) is 2.98. The van der Waals surface area contributed by atoms with E-state index in [1.165, 1.54) is 6.42 Å². The van der Waals surface area contributed by atoms with Crippen molar-refractivity contribution >= 4 is 17.5 Å². The SMILES string of the molecule is Cc1ccc(NC(=O)[C@H]2CC2C(=O)N2CCCCC2)cc1. The zero-order valence-corrected chi connectivity index (χ0v) is 12.5. The van der Waals surface area contributed by atoms with Gasteiger partial charge in [0.1, 0.15) is 0 Å². The van der Waals surface area contributed by atoms with Crippen molar-refractivity contribution in [3.63, 3.8) is 0 Å². The van der Waals surface area contributed by atoms with E-state index < -0.39 is 0 Å². The summed E-state index contributed by atoms with van der Waals surface area (Å²) < 4.78 is 0. The summed E-state index contributed by atoms with van der Waals surface area (Å²) in [7, 11) is 0. The summed E-state index contributed by atoms with van der Waals surface area (Å²) in [4.78, 5) is 26.4. The van der Waals surface area contributed by atoms with E-state index in [2.05, 4.69) is 5.32 Å². The molecule has 2 atom stereocenters. The van der Waals surface area contributed by atoms with Gasteiger partial charge in [-0.15, -0.1) is 0 Å². The lowest BCUT2D eigenvalue weighted by molar-refractivity contribution is -0.134. The smallest absolute Gasteiger partial charge is 0.228 e. The minimum absolute atomic E-state index is 0.0192. The van der Waals surface area contributed by atoms with Gasteiger partial charge in [-0.2, -0.15) is 0 Å². The molecule has 1 aliphatic carbocycles. The zero-order valence-electron chi connectivity index (χ0n) is 12.5. The Balaban J connectivity index is 1.53. The van der Waals surface area contributed by atoms with Gasteiger partial charge < -0.3 is 10.2 Å². The van der Waals surface area contributed by atoms with E-state index in [0.717, 1.165) is 37.2 Å². The monoisotopic (exact) mass is 286 g/mol. The summed E-state index contributed by atoms with van der Waals surface area (Å²) in [5, 5.41) is 2.91. The molecule has 1 saturated carbocycles. The molecule has 0 bridgehead atoms. The van der Waals surface area contributed by atoms with Crippen LogP contribution in [0.1, 0.15) is 31.2 Å². The second-order valence-electron chi connectivity index (χ2n) is 6.19. The van der Waals surface area contributed by atoms with E-state index in [0.29, 0.717) is 6.42 Å². The Morgan fingerprint density at radius 3 is 2.38 bits per heavy atom. The van der Waals surface area contributed by atoms with Crippen molar-refractivity contribution in [2.75, 3.05) is 18.4 Å². The standard InChI is InChI=1S/C17H22N2O2/c1-12-5-7-13(8-6-12)18-16(20)14-11-15(14)17(21)19-9-3-2-4-10-19/h5-8,14-15H,2-4,9-11H2,1H3,(H,18,20)/t14-,15?/m0/s1. The van der Waals surface area contributed by atoms with E-state index in [1.807, 2.05) is 36.1 Å². The van der Waals surface area contributed by atoms with Gasteiger partial charge in [0, 0.05) is 18.8 Å². The number of piperidine rings is 1. The van der Waals surface area contributed by atoms with Gasteiger partial charge in [0.2, 0.25) is 11.8 Å². The Labute approximate surface area is 125 Å². The van der Waals surface area contributed by atoms with Gasteiger partial charge in [-0.05, 0) is 44.7 Å². The molecule has 21 heavy (non-hydrogen) atoms. The van der Waals surface area contributed by atoms with Crippen LogP contribution in [0.3, 0.4) is 0 Å². The number of aryl methyl sites for hydroxylation is 1. The van der Waals surface area contributed by atoms with Gasteiger partial charge in [0.05, 0.1) is 11.8 Å². The average molecular weight is 286 g/mol. The van der Waals surface area contributed by atoms with Gasteiger partial charge in [-0.25, -0.2) is 0 Å². The highest BCUT2D eigenvalue weighted by Crippen LogP contribution is 2.41. The molecule has 2 fully saturated rings. The molecule has 1 aliphatic heterocycles. The molecule has 1 heterocycles. The maximum atomic E-state index is 12.3. The van der Waals surface area contributed by atoms with E-state index in [1.54, 1.807) is 0 Å². The van der Waals surface area contributed by atoms with Crippen molar-refractivity contribution in [3.8, 4) is 0 Å². The van der Waals surface area contributed by atoms with E-state index in [4.69, 9.17) is 0 Å². The number of carbonyl (C=O) groups excluding carboxylic acids is 2. The number of nitrogens with zero attached hydrogens (tertiary/aromatic N) is 1. The molecule has 2 amide bonds. The van der Waals surface area contributed by atoms with Crippen LogP contribution in [0.15, 0.2) is 24.3 Å². The number of anilines is 1.